The van der Waals surface area contributed by atoms with Crippen LogP contribution in [0.4, 0.5) is 0 Å². The predicted molar refractivity (Wildman–Crippen MR) is 73.3 cm³/mol. The van der Waals surface area contributed by atoms with Gasteiger partial charge in [0.25, 0.3) is 0 Å². The Morgan fingerprint density at radius 3 is 2.82 bits per heavy atom. The summed E-state index contributed by atoms with van der Waals surface area (Å²) in [5, 5.41) is 6.98. The highest BCUT2D eigenvalue weighted by Gasteiger charge is 2.00. The standard InChI is InChI=1S/C13H15N3S/c17-13(16-12-4-2-1-3-5-12)15-10-11-6-8-14-9-7-11/h2,4-9H,1,3,10H2,(H2,15,16,17). The van der Waals surface area contributed by atoms with Gasteiger partial charge >= 0.3 is 0 Å². The van der Waals surface area contributed by atoms with Crippen LogP contribution in [0.3, 0.4) is 0 Å². The number of hydrogen-bond donors (Lipinski definition) is 2. The fourth-order valence-electron chi connectivity index (χ4n) is 1.56. The van der Waals surface area contributed by atoms with E-state index in [-0.39, 0.29) is 0 Å². The lowest BCUT2D eigenvalue weighted by Gasteiger charge is -2.13. The van der Waals surface area contributed by atoms with Crippen molar-refractivity contribution in [1.82, 2.24) is 15.6 Å². The summed E-state index contributed by atoms with van der Waals surface area (Å²) in [4.78, 5) is 3.97. The Balaban J connectivity index is 1.78. The molecule has 0 saturated carbocycles. The van der Waals surface area contributed by atoms with Gasteiger partial charge in [0.05, 0.1) is 0 Å². The van der Waals surface area contributed by atoms with Crippen LogP contribution in [0.15, 0.2) is 48.5 Å². The SMILES string of the molecule is S=C(NCc1ccncc1)NC1=CCCC=C1. The van der Waals surface area contributed by atoms with Gasteiger partial charge in [0, 0.05) is 24.6 Å². The first kappa shape index (κ1) is 11.8. The lowest BCUT2D eigenvalue weighted by Crippen LogP contribution is -2.34. The first-order chi connectivity index (χ1) is 8.34. The largest absolute Gasteiger partial charge is 0.358 e. The molecular weight excluding hydrogens is 230 g/mol. The zero-order valence-corrected chi connectivity index (χ0v) is 10.3. The zero-order valence-electron chi connectivity index (χ0n) is 9.52. The maximum Gasteiger partial charge on any atom is 0.171 e. The summed E-state index contributed by atoms with van der Waals surface area (Å²) < 4.78 is 0. The number of aromatic nitrogens is 1. The van der Waals surface area contributed by atoms with Crippen LogP contribution in [-0.4, -0.2) is 10.1 Å². The summed E-state index contributed by atoms with van der Waals surface area (Å²) >= 11 is 5.22. The van der Waals surface area contributed by atoms with Gasteiger partial charge in [-0.05, 0) is 48.8 Å². The molecule has 4 heteroatoms. The number of nitrogens with zero attached hydrogens (tertiary/aromatic N) is 1. The highest BCUT2D eigenvalue weighted by molar-refractivity contribution is 7.80. The minimum Gasteiger partial charge on any atom is -0.358 e. The van der Waals surface area contributed by atoms with Gasteiger partial charge < -0.3 is 10.6 Å². The molecule has 1 aliphatic carbocycles. The molecule has 0 spiro atoms. The molecule has 0 aliphatic heterocycles. The Labute approximate surface area is 107 Å². The summed E-state index contributed by atoms with van der Waals surface area (Å²) in [5.41, 5.74) is 2.24. The van der Waals surface area contributed by atoms with Crippen molar-refractivity contribution >= 4 is 17.3 Å². The fraction of sp³-hybridized carbons (Fsp3) is 0.231. The molecule has 0 amide bonds. The minimum absolute atomic E-state index is 0.652. The maximum absolute atomic E-state index is 5.22. The molecule has 0 unspecified atom stereocenters. The van der Waals surface area contributed by atoms with Crippen LogP contribution in [0.2, 0.25) is 0 Å². The number of nitrogens with one attached hydrogen (secondary N) is 2. The fourth-order valence-corrected chi connectivity index (χ4v) is 1.75. The van der Waals surface area contributed by atoms with Crippen molar-refractivity contribution in [3.8, 4) is 0 Å². The van der Waals surface area contributed by atoms with Crippen LogP contribution < -0.4 is 10.6 Å². The highest BCUT2D eigenvalue weighted by Crippen LogP contribution is 2.06. The molecule has 2 rings (SSSR count). The second-order valence-corrected chi connectivity index (χ2v) is 4.21. The van der Waals surface area contributed by atoms with Crippen molar-refractivity contribution in [2.75, 3.05) is 0 Å². The van der Waals surface area contributed by atoms with Crippen molar-refractivity contribution in [3.05, 3.63) is 54.0 Å². The van der Waals surface area contributed by atoms with Crippen LogP contribution in [0, 0.1) is 0 Å². The quantitative estimate of drug-likeness (QED) is 0.801. The summed E-state index contributed by atoms with van der Waals surface area (Å²) in [7, 11) is 0. The zero-order chi connectivity index (χ0) is 11.9. The Hall–Kier alpha value is -1.68. The number of hydrogen-bond acceptors (Lipinski definition) is 2. The van der Waals surface area contributed by atoms with Crippen molar-refractivity contribution < 1.29 is 0 Å². The Morgan fingerprint density at radius 1 is 1.29 bits per heavy atom. The molecule has 17 heavy (non-hydrogen) atoms. The molecule has 1 aromatic rings. The normalized spacial score (nSPS) is 14.0. The molecule has 0 saturated heterocycles. The molecule has 0 fully saturated rings. The van der Waals surface area contributed by atoms with E-state index in [4.69, 9.17) is 12.2 Å². The van der Waals surface area contributed by atoms with Gasteiger partial charge in [-0.3, -0.25) is 4.98 Å². The Bertz CT molecular complexity index is 437. The minimum atomic E-state index is 0.652. The van der Waals surface area contributed by atoms with Gasteiger partial charge in [-0.15, -0.1) is 0 Å². The molecule has 0 radical (unpaired) electrons. The lowest BCUT2D eigenvalue weighted by atomic mass is 10.1. The molecule has 88 valence electrons. The van der Waals surface area contributed by atoms with Gasteiger partial charge in [-0.2, -0.15) is 0 Å². The van der Waals surface area contributed by atoms with E-state index in [1.54, 1.807) is 12.4 Å². The van der Waals surface area contributed by atoms with Crippen LogP contribution >= 0.6 is 12.2 Å². The van der Waals surface area contributed by atoms with Crippen LogP contribution in [-0.2, 0) is 6.54 Å². The molecule has 1 heterocycles. The maximum atomic E-state index is 5.22. The van der Waals surface area contributed by atoms with Gasteiger partial charge in [-0.1, -0.05) is 12.2 Å². The Kier molecular flexibility index (Phi) is 4.27. The lowest BCUT2D eigenvalue weighted by molar-refractivity contribution is 0.883. The van der Waals surface area contributed by atoms with E-state index in [0.717, 1.165) is 24.1 Å². The molecule has 3 nitrogen and oxygen atoms in total. The molecule has 2 N–H and O–H groups in total. The monoisotopic (exact) mass is 245 g/mol. The number of allylic oxidation sites excluding steroid dienone is 3. The molecular formula is C13H15N3S. The van der Waals surface area contributed by atoms with Gasteiger partial charge in [0.1, 0.15) is 0 Å². The van der Waals surface area contributed by atoms with Crippen molar-refractivity contribution in [2.45, 2.75) is 19.4 Å². The van der Waals surface area contributed by atoms with Crippen molar-refractivity contribution in [3.63, 3.8) is 0 Å². The topological polar surface area (TPSA) is 37.0 Å². The third kappa shape index (κ3) is 4.00. The number of rotatable bonds is 3. The second kappa shape index (κ2) is 6.15. The first-order valence-corrected chi connectivity index (χ1v) is 6.06. The van der Waals surface area contributed by atoms with Crippen molar-refractivity contribution in [1.29, 1.82) is 0 Å². The number of pyridine rings is 1. The van der Waals surface area contributed by atoms with Gasteiger partial charge in [0.15, 0.2) is 5.11 Å². The number of thiocarbonyl (C=S) groups is 1. The van der Waals surface area contributed by atoms with E-state index in [2.05, 4.69) is 33.8 Å². The van der Waals surface area contributed by atoms with E-state index < -0.39 is 0 Å². The summed E-state index contributed by atoms with van der Waals surface area (Å²) in [5.74, 6) is 0. The van der Waals surface area contributed by atoms with Crippen molar-refractivity contribution in [2.24, 2.45) is 0 Å². The van der Waals surface area contributed by atoms with Crippen LogP contribution in [0.5, 0.6) is 0 Å². The third-order valence-corrected chi connectivity index (χ3v) is 2.70. The van der Waals surface area contributed by atoms with Gasteiger partial charge in [0.2, 0.25) is 0 Å². The molecule has 0 aromatic carbocycles. The summed E-state index contributed by atoms with van der Waals surface area (Å²) in [6.07, 6.45) is 12.1. The van der Waals surface area contributed by atoms with Gasteiger partial charge in [-0.25, -0.2) is 0 Å². The average molecular weight is 245 g/mol. The molecule has 0 atom stereocenters. The summed E-state index contributed by atoms with van der Waals surface area (Å²) in [6, 6.07) is 3.94. The van der Waals surface area contributed by atoms with E-state index in [9.17, 15) is 0 Å². The molecule has 1 aromatic heterocycles. The van der Waals surface area contributed by atoms with E-state index in [0.29, 0.717) is 11.7 Å². The Morgan fingerprint density at radius 2 is 2.12 bits per heavy atom. The van der Waals surface area contributed by atoms with E-state index in [1.165, 1.54) is 0 Å². The summed E-state index contributed by atoms with van der Waals surface area (Å²) in [6.45, 7) is 0.714. The van der Waals surface area contributed by atoms with Crippen LogP contribution in [0.1, 0.15) is 18.4 Å². The van der Waals surface area contributed by atoms with E-state index in [1.807, 2.05) is 12.1 Å². The smallest absolute Gasteiger partial charge is 0.171 e. The third-order valence-electron chi connectivity index (χ3n) is 2.46. The first-order valence-electron chi connectivity index (χ1n) is 5.65. The molecule has 1 aliphatic rings. The second-order valence-electron chi connectivity index (χ2n) is 3.80. The highest BCUT2D eigenvalue weighted by atomic mass is 32.1. The van der Waals surface area contributed by atoms with E-state index >= 15 is 0 Å². The van der Waals surface area contributed by atoms with Crippen LogP contribution in [0.25, 0.3) is 0 Å². The molecule has 0 bridgehead atoms. The predicted octanol–water partition coefficient (Wildman–Crippen LogP) is 2.28. The average Bonchev–Trinajstić information content (AvgIpc) is 2.39.